The van der Waals surface area contributed by atoms with Crippen LogP contribution in [0.2, 0.25) is 0 Å². The Morgan fingerprint density at radius 2 is 1.43 bits per heavy atom. The number of carbonyl (C=O) groups is 2. The van der Waals surface area contributed by atoms with Crippen molar-refractivity contribution in [2.75, 3.05) is 14.2 Å². The summed E-state index contributed by atoms with van der Waals surface area (Å²) < 4.78 is 37.6. The highest BCUT2D eigenvalue weighted by atomic mass is 32.2. The van der Waals surface area contributed by atoms with Crippen LogP contribution in [0.1, 0.15) is 17.0 Å². The van der Waals surface area contributed by atoms with Gasteiger partial charge in [0.05, 0.1) is 19.1 Å². The molecule has 1 aliphatic rings. The van der Waals surface area contributed by atoms with E-state index in [-0.39, 0.29) is 17.1 Å². The van der Waals surface area contributed by atoms with Gasteiger partial charge in [-0.25, -0.2) is 12.7 Å². The van der Waals surface area contributed by atoms with E-state index in [1.165, 1.54) is 37.6 Å². The zero-order valence-electron chi connectivity index (χ0n) is 19.3. The van der Waals surface area contributed by atoms with Crippen molar-refractivity contribution >= 4 is 21.7 Å². The third-order valence-corrected chi connectivity index (χ3v) is 7.64. The van der Waals surface area contributed by atoms with Gasteiger partial charge < -0.3 is 9.47 Å². The van der Waals surface area contributed by atoms with Crippen LogP contribution in [0.4, 0.5) is 0 Å². The molecular formula is C27H25NO6S. The Morgan fingerprint density at radius 3 is 2.00 bits per heavy atom. The Bertz CT molecular complexity index is 1330. The molecule has 35 heavy (non-hydrogen) atoms. The number of ether oxygens (including phenoxy) is 2. The highest BCUT2D eigenvalue weighted by Crippen LogP contribution is 2.36. The molecule has 8 heteroatoms. The van der Waals surface area contributed by atoms with Gasteiger partial charge in [0.15, 0.2) is 5.78 Å². The van der Waals surface area contributed by atoms with E-state index in [0.29, 0.717) is 21.4 Å². The molecule has 0 saturated heterocycles. The fourth-order valence-electron chi connectivity index (χ4n) is 4.08. The molecule has 2 atom stereocenters. The number of sulfonamides is 1. The van der Waals surface area contributed by atoms with Gasteiger partial charge in [0, 0.05) is 18.5 Å². The first kappa shape index (κ1) is 24.2. The average molecular weight is 492 g/mol. The zero-order valence-corrected chi connectivity index (χ0v) is 20.1. The van der Waals surface area contributed by atoms with Crippen LogP contribution in [0.15, 0.2) is 96.0 Å². The van der Waals surface area contributed by atoms with Crippen molar-refractivity contribution in [1.82, 2.24) is 4.31 Å². The van der Waals surface area contributed by atoms with Crippen molar-refractivity contribution < 1.29 is 27.5 Å². The number of allylic oxidation sites excluding steroid dienone is 1. The lowest BCUT2D eigenvalue weighted by Crippen LogP contribution is -2.45. The summed E-state index contributed by atoms with van der Waals surface area (Å²) in [6, 6.07) is 21.8. The summed E-state index contributed by atoms with van der Waals surface area (Å²) in [7, 11) is -1.20. The molecule has 0 aromatic heterocycles. The molecule has 0 radical (unpaired) electrons. The topological polar surface area (TPSA) is 90.0 Å². The minimum Gasteiger partial charge on any atom is -0.497 e. The highest BCUT2D eigenvalue weighted by Gasteiger charge is 2.43. The second kappa shape index (κ2) is 10.1. The van der Waals surface area contributed by atoms with E-state index in [1.807, 2.05) is 18.2 Å². The Hall–Kier alpha value is -3.91. The molecule has 1 amide bonds. The lowest BCUT2D eigenvalue weighted by Gasteiger charge is -2.32. The Morgan fingerprint density at radius 1 is 0.857 bits per heavy atom. The average Bonchev–Trinajstić information content (AvgIpc) is 2.89. The van der Waals surface area contributed by atoms with E-state index in [9.17, 15) is 18.0 Å². The van der Waals surface area contributed by atoms with E-state index in [1.54, 1.807) is 49.6 Å². The fourth-order valence-corrected chi connectivity index (χ4v) is 5.37. The number of benzene rings is 3. The molecule has 3 aromatic carbocycles. The third-order valence-electron chi connectivity index (χ3n) is 5.96. The Labute approximate surface area is 204 Å². The fraction of sp³-hybridized carbons (Fsp3) is 0.185. The van der Waals surface area contributed by atoms with Gasteiger partial charge in [-0.05, 0) is 47.5 Å². The summed E-state index contributed by atoms with van der Waals surface area (Å²) >= 11 is 0. The van der Waals surface area contributed by atoms with Gasteiger partial charge in [0.2, 0.25) is 0 Å². The summed E-state index contributed by atoms with van der Waals surface area (Å²) in [6.45, 7) is 0. The summed E-state index contributed by atoms with van der Waals surface area (Å²) in [5.41, 5.74) is 1.46. The van der Waals surface area contributed by atoms with Gasteiger partial charge in [0.1, 0.15) is 17.4 Å². The minimum absolute atomic E-state index is 0.00810. The van der Waals surface area contributed by atoms with Crippen LogP contribution in [0.5, 0.6) is 11.5 Å². The molecule has 0 N–H and O–H groups in total. The molecule has 0 saturated carbocycles. The zero-order chi connectivity index (χ0) is 25.0. The van der Waals surface area contributed by atoms with Crippen molar-refractivity contribution in [2.45, 2.75) is 17.2 Å². The smallest absolute Gasteiger partial charge is 0.270 e. The standard InChI is InChI=1S/C27H25NO6S/c1-33-21-10-8-20(9-11-21)24-16-17-28(35(31,32)23-14-12-22(34-2)13-15-23)27(30)26(24)25(29)18-19-6-4-3-5-7-19/h3-17,24,26H,18H2,1-2H3/t24-,26+/m1/s1. The van der Waals surface area contributed by atoms with E-state index < -0.39 is 27.8 Å². The molecule has 1 aliphatic heterocycles. The number of carbonyl (C=O) groups excluding carboxylic acids is 2. The van der Waals surface area contributed by atoms with Crippen molar-refractivity contribution in [1.29, 1.82) is 0 Å². The number of methoxy groups -OCH3 is 2. The van der Waals surface area contributed by atoms with Crippen molar-refractivity contribution in [2.24, 2.45) is 5.92 Å². The Balaban J connectivity index is 1.73. The van der Waals surface area contributed by atoms with Crippen LogP contribution in [-0.4, -0.2) is 38.6 Å². The quantitative estimate of drug-likeness (QED) is 0.443. The van der Waals surface area contributed by atoms with Gasteiger partial charge in [-0.15, -0.1) is 0 Å². The first-order valence-electron chi connectivity index (χ1n) is 11.0. The number of hydrogen-bond acceptors (Lipinski definition) is 6. The van der Waals surface area contributed by atoms with Crippen LogP contribution in [-0.2, 0) is 26.0 Å². The predicted octanol–water partition coefficient (Wildman–Crippen LogP) is 3.96. The van der Waals surface area contributed by atoms with Crippen molar-refractivity contribution in [3.8, 4) is 11.5 Å². The summed E-state index contributed by atoms with van der Waals surface area (Å²) in [4.78, 5) is 27.0. The van der Waals surface area contributed by atoms with Crippen molar-refractivity contribution in [3.05, 3.63) is 102 Å². The molecule has 0 unspecified atom stereocenters. The molecule has 1 heterocycles. The predicted molar refractivity (Wildman–Crippen MR) is 131 cm³/mol. The largest absolute Gasteiger partial charge is 0.497 e. The summed E-state index contributed by atoms with van der Waals surface area (Å²) in [5.74, 6) is -1.85. The molecule has 0 aliphatic carbocycles. The minimum atomic E-state index is -4.22. The second-order valence-corrected chi connectivity index (χ2v) is 9.88. The van der Waals surface area contributed by atoms with Gasteiger partial charge >= 0.3 is 0 Å². The van der Waals surface area contributed by atoms with Crippen LogP contribution in [0, 0.1) is 5.92 Å². The maximum Gasteiger partial charge on any atom is 0.270 e. The number of rotatable bonds is 8. The normalized spacial score (nSPS) is 17.8. The highest BCUT2D eigenvalue weighted by molar-refractivity contribution is 7.89. The van der Waals surface area contributed by atoms with Gasteiger partial charge in [-0.3, -0.25) is 9.59 Å². The number of hydrogen-bond donors (Lipinski definition) is 0. The third kappa shape index (κ3) is 4.97. The number of nitrogens with zero attached hydrogens (tertiary/aromatic N) is 1. The number of Topliss-reactive ketones (excluding diaryl/α,β-unsaturated/α-hetero) is 1. The number of ketones is 1. The van der Waals surface area contributed by atoms with Crippen LogP contribution in [0.3, 0.4) is 0 Å². The monoisotopic (exact) mass is 491 g/mol. The number of amides is 1. The summed E-state index contributed by atoms with van der Waals surface area (Å²) in [5, 5.41) is 0. The van der Waals surface area contributed by atoms with E-state index in [2.05, 4.69) is 0 Å². The van der Waals surface area contributed by atoms with Crippen LogP contribution in [0.25, 0.3) is 0 Å². The Kier molecular flexibility index (Phi) is 7.02. The molecule has 3 aromatic rings. The van der Waals surface area contributed by atoms with Gasteiger partial charge in [0.25, 0.3) is 15.9 Å². The first-order valence-corrected chi connectivity index (χ1v) is 12.4. The van der Waals surface area contributed by atoms with E-state index >= 15 is 0 Å². The molecule has 4 rings (SSSR count). The lowest BCUT2D eigenvalue weighted by molar-refractivity contribution is -0.137. The van der Waals surface area contributed by atoms with Gasteiger partial charge in [-0.2, -0.15) is 0 Å². The molecular weight excluding hydrogens is 466 g/mol. The maximum atomic E-state index is 13.6. The maximum absolute atomic E-state index is 13.6. The van der Waals surface area contributed by atoms with Crippen LogP contribution < -0.4 is 9.47 Å². The van der Waals surface area contributed by atoms with Crippen LogP contribution >= 0.6 is 0 Å². The lowest BCUT2D eigenvalue weighted by atomic mass is 9.79. The molecule has 0 spiro atoms. The molecule has 180 valence electrons. The SMILES string of the molecule is COc1ccc([C@H]2C=CN(S(=O)(=O)c3ccc(OC)cc3)C(=O)[C@@H]2C(=O)Cc2ccccc2)cc1. The molecule has 7 nitrogen and oxygen atoms in total. The molecule has 0 bridgehead atoms. The van der Waals surface area contributed by atoms with E-state index in [0.717, 1.165) is 5.56 Å². The second-order valence-electron chi connectivity index (χ2n) is 8.06. The van der Waals surface area contributed by atoms with Gasteiger partial charge in [-0.1, -0.05) is 48.5 Å². The summed E-state index contributed by atoms with van der Waals surface area (Å²) in [6.07, 6.45) is 2.84. The first-order chi connectivity index (χ1) is 16.8. The molecule has 0 fully saturated rings. The van der Waals surface area contributed by atoms with Crippen molar-refractivity contribution in [3.63, 3.8) is 0 Å². The van der Waals surface area contributed by atoms with E-state index in [4.69, 9.17) is 9.47 Å².